The predicted octanol–water partition coefficient (Wildman–Crippen LogP) is 1.06. The van der Waals surface area contributed by atoms with Crippen molar-refractivity contribution < 1.29 is 14.6 Å². The fraction of sp³-hybridized carbons (Fsp3) is 0.100. The van der Waals surface area contributed by atoms with E-state index in [0.717, 1.165) is 11.8 Å². The van der Waals surface area contributed by atoms with Gasteiger partial charge in [0.25, 0.3) is 0 Å². The third kappa shape index (κ3) is 1.60. The molecule has 0 saturated heterocycles. The van der Waals surface area contributed by atoms with E-state index in [1.165, 1.54) is 10.6 Å². The number of carbonyl (C=O) groups is 1. The molecule has 16 heavy (non-hydrogen) atoms. The van der Waals surface area contributed by atoms with Gasteiger partial charge in [0.15, 0.2) is 0 Å². The molecule has 0 aliphatic carbocycles. The number of rotatable bonds is 1. The van der Waals surface area contributed by atoms with Crippen molar-refractivity contribution in [3.63, 3.8) is 0 Å². The highest BCUT2D eigenvalue weighted by Crippen LogP contribution is 2.07. The molecule has 1 N–H and O–H groups in total. The van der Waals surface area contributed by atoms with Crippen molar-refractivity contribution in [2.45, 2.75) is 6.92 Å². The standard InChI is InChI=1S/C10H8N2O4/c1-6-3-2-4-12-8(6)11-5-7(9(12)13)16-10(14)15/h2-5H,1H3,(H,14,15). The van der Waals surface area contributed by atoms with Crippen LogP contribution in [0.5, 0.6) is 5.75 Å². The molecule has 2 heterocycles. The van der Waals surface area contributed by atoms with E-state index in [0.29, 0.717) is 5.65 Å². The molecular formula is C10H8N2O4. The van der Waals surface area contributed by atoms with Gasteiger partial charge in [0.2, 0.25) is 5.75 Å². The first kappa shape index (κ1) is 10.2. The normalized spacial score (nSPS) is 10.3. The van der Waals surface area contributed by atoms with E-state index in [1.54, 1.807) is 19.1 Å². The Bertz CT molecular complexity index is 618. The third-order valence-corrected chi connectivity index (χ3v) is 2.09. The summed E-state index contributed by atoms with van der Waals surface area (Å²) < 4.78 is 5.56. The average molecular weight is 220 g/mol. The number of aromatic nitrogens is 2. The lowest BCUT2D eigenvalue weighted by atomic mass is 10.3. The number of nitrogens with zero attached hydrogens (tertiary/aromatic N) is 2. The largest absolute Gasteiger partial charge is 0.511 e. The molecule has 0 amide bonds. The van der Waals surface area contributed by atoms with Gasteiger partial charge < -0.3 is 9.84 Å². The van der Waals surface area contributed by atoms with Gasteiger partial charge in [-0.1, -0.05) is 6.07 Å². The molecule has 2 aromatic rings. The lowest BCUT2D eigenvalue weighted by Gasteiger charge is -2.04. The first-order chi connectivity index (χ1) is 7.59. The van der Waals surface area contributed by atoms with E-state index in [4.69, 9.17) is 5.11 Å². The van der Waals surface area contributed by atoms with Gasteiger partial charge in [0, 0.05) is 6.20 Å². The average Bonchev–Trinajstić information content (AvgIpc) is 2.23. The number of carboxylic acid groups (broad SMARTS) is 1. The van der Waals surface area contributed by atoms with Crippen LogP contribution in [0.4, 0.5) is 4.79 Å². The molecule has 0 radical (unpaired) electrons. The molecule has 0 aliphatic heterocycles. The van der Waals surface area contributed by atoms with Crippen molar-refractivity contribution in [3.8, 4) is 5.75 Å². The van der Waals surface area contributed by atoms with Crippen LogP contribution in [0.1, 0.15) is 5.56 Å². The maximum absolute atomic E-state index is 11.8. The van der Waals surface area contributed by atoms with Crippen LogP contribution in [0.25, 0.3) is 5.65 Å². The Hall–Kier alpha value is -2.37. The summed E-state index contributed by atoms with van der Waals surface area (Å²) in [6, 6.07) is 3.48. The van der Waals surface area contributed by atoms with E-state index in [1.807, 2.05) is 0 Å². The summed E-state index contributed by atoms with van der Waals surface area (Å²) in [5.74, 6) is -0.310. The maximum Gasteiger partial charge on any atom is 0.511 e. The minimum absolute atomic E-state index is 0.310. The van der Waals surface area contributed by atoms with E-state index >= 15 is 0 Å². The van der Waals surface area contributed by atoms with Gasteiger partial charge in [-0.2, -0.15) is 0 Å². The second kappa shape index (κ2) is 3.65. The SMILES string of the molecule is Cc1cccn2c(=O)c(OC(=O)O)cnc12. The number of fused-ring (bicyclic) bond motifs is 1. The Morgan fingerprint density at radius 2 is 2.31 bits per heavy atom. The Morgan fingerprint density at radius 3 is 3.00 bits per heavy atom. The summed E-state index contributed by atoms with van der Waals surface area (Å²) in [5, 5.41) is 8.42. The van der Waals surface area contributed by atoms with Crippen molar-refractivity contribution in [3.05, 3.63) is 40.4 Å². The fourth-order valence-electron chi connectivity index (χ4n) is 1.39. The van der Waals surface area contributed by atoms with Crippen molar-refractivity contribution in [1.82, 2.24) is 9.38 Å². The van der Waals surface area contributed by atoms with Crippen LogP contribution in [0.15, 0.2) is 29.3 Å². The summed E-state index contributed by atoms with van der Waals surface area (Å²) in [6.45, 7) is 1.81. The Balaban J connectivity index is 2.71. The molecule has 0 unspecified atom stereocenters. The van der Waals surface area contributed by atoms with Crippen molar-refractivity contribution in [2.75, 3.05) is 0 Å². The van der Waals surface area contributed by atoms with Crippen LogP contribution in [0, 0.1) is 6.92 Å². The number of aryl methyl sites for hydroxylation is 1. The summed E-state index contributed by atoms with van der Waals surface area (Å²) in [7, 11) is 0. The van der Waals surface area contributed by atoms with Gasteiger partial charge in [0.05, 0.1) is 6.20 Å². The smallest absolute Gasteiger partial charge is 0.449 e. The van der Waals surface area contributed by atoms with Crippen LogP contribution in [-0.4, -0.2) is 20.6 Å². The number of hydrogen-bond acceptors (Lipinski definition) is 4. The van der Waals surface area contributed by atoms with Crippen LogP contribution < -0.4 is 10.3 Å². The second-order valence-electron chi connectivity index (χ2n) is 3.18. The van der Waals surface area contributed by atoms with Gasteiger partial charge in [-0.15, -0.1) is 0 Å². The molecule has 2 aromatic heterocycles. The first-order valence-corrected chi connectivity index (χ1v) is 4.47. The van der Waals surface area contributed by atoms with E-state index in [2.05, 4.69) is 9.72 Å². The van der Waals surface area contributed by atoms with Gasteiger partial charge >= 0.3 is 11.7 Å². The molecule has 82 valence electrons. The molecule has 0 fully saturated rings. The Kier molecular flexibility index (Phi) is 2.32. The van der Waals surface area contributed by atoms with E-state index in [9.17, 15) is 9.59 Å². The minimum atomic E-state index is -1.54. The molecule has 0 atom stereocenters. The second-order valence-corrected chi connectivity index (χ2v) is 3.18. The van der Waals surface area contributed by atoms with Crippen LogP contribution in [-0.2, 0) is 0 Å². The highest BCUT2D eigenvalue weighted by atomic mass is 16.7. The third-order valence-electron chi connectivity index (χ3n) is 2.09. The molecule has 0 aromatic carbocycles. The lowest BCUT2D eigenvalue weighted by Crippen LogP contribution is -2.19. The lowest BCUT2D eigenvalue weighted by molar-refractivity contribution is 0.143. The zero-order valence-electron chi connectivity index (χ0n) is 8.38. The van der Waals surface area contributed by atoms with Gasteiger partial charge in [-0.05, 0) is 18.6 Å². The molecule has 0 bridgehead atoms. The van der Waals surface area contributed by atoms with E-state index in [-0.39, 0.29) is 5.75 Å². The van der Waals surface area contributed by atoms with Crippen LogP contribution in [0.3, 0.4) is 0 Å². The van der Waals surface area contributed by atoms with Gasteiger partial charge in [-0.3, -0.25) is 9.20 Å². The molecule has 0 saturated carbocycles. The van der Waals surface area contributed by atoms with Gasteiger partial charge in [-0.25, -0.2) is 9.78 Å². The number of ether oxygens (including phenoxy) is 1. The number of pyridine rings is 1. The zero-order valence-corrected chi connectivity index (χ0v) is 8.38. The van der Waals surface area contributed by atoms with Crippen molar-refractivity contribution in [1.29, 1.82) is 0 Å². The summed E-state index contributed by atoms with van der Waals surface area (Å²) in [4.78, 5) is 26.0. The van der Waals surface area contributed by atoms with Crippen LogP contribution in [0.2, 0.25) is 0 Å². The zero-order chi connectivity index (χ0) is 11.7. The molecule has 0 aliphatic rings. The topological polar surface area (TPSA) is 80.9 Å². The predicted molar refractivity (Wildman–Crippen MR) is 54.9 cm³/mol. The summed E-state index contributed by atoms with van der Waals surface area (Å²) in [6.07, 6.45) is 1.08. The monoisotopic (exact) mass is 220 g/mol. The fourth-order valence-corrected chi connectivity index (χ4v) is 1.39. The first-order valence-electron chi connectivity index (χ1n) is 4.47. The Labute approximate surface area is 89.7 Å². The van der Waals surface area contributed by atoms with E-state index < -0.39 is 11.7 Å². The maximum atomic E-state index is 11.8. The highest BCUT2D eigenvalue weighted by Gasteiger charge is 2.09. The van der Waals surface area contributed by atoms with Crippen molar-refractivity contribution in [2.24, 2.45) is 0 Å². The number of hydrogen-bond donors (Lipinski definition) is 1. The quantitative estimate of drug-likeness (QED) is 0.726. The molecule has 0 spiro atoms. The summed E-state index contributed by atoms with van der Waals surface area (Å²) in [5.41, 5.74) is 0.753. The van der Waals surface area contributed by atoms with Crippen molar-refractivity contribution >= 4 is 11.8 Å². The summed E-state index contributed by atoms with van der Waals surface area (Å²) >= 11 is 0. The molecular weight excluding hydrogens is 212 g/mol. The highest BCUT2D eigenvalue weighted by molar-refractivity contribution is 5.61. The molecule has 2 rings (SSSR count). The minimum Gasteiger partial charge on any atom is -0.449 e. The molecule has 6 heteroatoms. The van der Waals surface area contributed by atoms with Gasteiger partial charge in [0.1, 0.15) is 5.65 Å². The Morgan fingerprint density at radius 1 is 1.56 bits per heavy atom. The van der Waals surface area contributed by atoms with Crippen LogP contribution >= 0.6 is 0 Å². The molecule has 6 nitrogen and oxygen atoms in total.